The van der Waals surface area contributed by atoms with Crippen LogP contribution in [0, 0.1) is 0 Å². The lowest BCUT2D eigenvalue weighted by Crippen LogP contribution is -2.48. The van der Waals surface area contributed by atoms with E-state index in [0.717, 1.165) is 12.2 Å². The first-order chi connectivity index (χ1) is 10.4. The van der Waals surface area contributed by atoms with Crippen molar-refractivity contribution in [3.8, 4) is 0 Å². The summed E-state index contributed by atoms with van der Waals surface area (Å²) in [6.07, 6.45) is 2.57. The Morgan fingerprint density at radius 2 is 1.50 bits per heavy atom. The number of hydrogen-bond donors (Lipinski definition) is 2. The summed E-state index contributed by atoms with van der Waals surface area (Å²) < 4.78 is 9.52. The molecule has 2 amide bonds. The Hall–Kier alpha value is -2.64. The van der Waals surface area contributed by atoms with Gasteiger partial charge in [-0.2, -0.15) is 0 Å². The molecule has 8 nitrogen and oxygen atoms in total. The highest BCUT2D eigenvalue weighted by molar-refractivity contribution is 6.35. The Morgan fingerprint density at radius 1 is 1.00 bits per heavy atom. The Kier molecular flexibility index (Phi) is 9.74. The predicted molar refractivity (Wildman–Crippen MR) is 77.5 cm³/mol. The lowest BCUT2D eigenvalue weighted by Gasteiger charge is -2.17. The molecule has 22 heavy (non-hydrogen) atoms. The lowest BCUT2D eigenvalue weighted by atomic mass is 10.3. The third-order valence-corrected chi connectivity index (χ3v) is 2.26. The van der Waals surface area contributed by atoms with Gasteiger partial charge in [0, 0.05) is 18.7 Å². The Bertz CT molecular complexity index is 423. The van der Waals surface area contributed by atoms with Crippen molar-refractivity contribution in [3.05, 3.63) is 25.3 Å². The van der Waals surface area contributed by atoms with Gasteiger partial charge in [-0.05, 0) is 6.42 Å². The van der Waals surface area contributed by atoms with Crippen LogP contribution >= 0.6 is 0 Å². The SMILES string of the molecule is C=CC(=O)OCC(COC(=O)C=C)NC(=O)C(=O)NCCC. The van der Waals surface area contributed by atoms with Crippen LogP contribution in [0.5, 0.6) is 0 Å². The quantitative estimate of drug-likeness (QED) is 0.336. The lowest BCUT2D eigenvalue weighted by molar-refractivity contribution is -0.144. The monoisotopic (exact) mass is 312 g/mol. The van der Waals surface area contributed by atoms with Gasteiger partial charge in [0.1, 0.15) is 13.2 Å². The minimum Gasteiger partial charge on any atom is -0.460 e. The van der Waals surface area contributed by atoms with E-state index in [0.29, 0.717) is 13.0 Å². The molecule has 0 radical (unpaired) electrons. The molecule has 0 aromatic rings. The molecule has 2 N–H and O–H groups in total. The van der Waals surface area contributed by atoms with Crippen LogP contribution in [0.2, 0.25) is 0 Å². The fraction of sp³-hybridized carbons (Fsp3) is 0.429. The Balaban J connectivity index is 4.54. The number of carbonyl (C=O) groups is 4. The van der Waals surface area contributed by atoms with E-state index in [9.17, 15) is 19.2 Å². The minimum atomic E-state index is -0.914. The van der Waals surface area contributed by atoms with Crippen molar-refractivity contribution >= 4 is 23.8 Å². The van der Waals surface area contributed by atoms with Gasteiger partial charge in [0.25, 0.3) is 0 Å². The van der Waals surface area contributed by atoms with E-state index < -0.39 is 29.8 Å². The Labute approximate surface area is 128 Å². The van der Waals surface area contributed by atoms with Gasteiger partial charge < -0.3 is 20.1 Å². The van der Waals surface area contributed by atoms with Gasteiger partial charge in [-0.15, -0.1) is 0 Å². The van der Waals surface area contributed by atoms with Crippen LogP contribution in [0.25, 0.3) is 0 Å². The van der Waals surface area contributed by atoms with Gasteiger partial charge in [0.05, 0.1) is 6.04 Å². The molecule has 8 heteroatoms. The topological polar surface area (TPSA) is 111 Å². The summed E-state index contributed by atoms with van der Waals surface area (Å²) in [6, 6.07) is -0.868. The molecule has 0 aromatic carbocycles. The van der Waals surface area contributed by atoms with E-state index in [4.69, 9.17) is 9.47 Å². The third-order valence-electron chi connectivity index (χ3n) is 2.26. The molecule has 0 bridgehead atoms. The fourth-order valence-corrected chi connectivity index (χ4v) is 1.18. The molecule has 122 valence electrons. The van der Waals surface area contributed by atoms with Crippen molar-refractivity contribution in [3.63, 3.8) is 0 Å². The highest BCUT2D eigenvalue weighted by atomic mass is 16.5. The second-order valence-electron chi connectivity index (χ2n) is 4.09. The Morgan fingerprint density at radius 3 is 1.91 bits per heavy atom. The van der Waals surface area contributed by atoms with Crippen LogP contribution in [0.3, 0.4) is 0 Å². The zero-order chi connectivity index (χ0) is 17.0. The molecule has 0 spiro atoms. The number of amides is 2. The van der Waals surface area contributed by atoms with Crippen LogP contribution in [0.15, 0.2) is 25.3 Å². The summed E-state index contributed by atoms with van der Waals surface area (Å²) in [7, 11) is 0. The van der Waals surface area contributed by atoms with Gasteiger partial charge in [0.2, 0.25) is 0 Å². The van der Waals surface area contributed by atoms with Gasteiger partial charge in [-0.25, -0.2) is 9.59 Å². The molecule has 0 aromatic heterocycles. The van der Waals surface area contributed by atoms with Gasteiger partial charge >= 0.3 is 23.8 Å². The van der Waals surface area contributed by atoms with Gasteiger partial charge in [-0.3, -0.25) is 9.59 Å². The number of rotatable bonds is 9. The van der Waals surface area contributed by atoms with E-state index in [1.165, 1.54) is 0 Å². The number of carbonyl (C=O) groups excluding carboxylic acids is 4. The summed E-state index contributed by atoms with van der Waals surface area (Å²) in [5.41, 5.74) is 0. The zero-order valence-electron chi connectivity index (χ0n) is 12.4. The largest absolute Gasteiger partial charge is 0.460 e. The first-order valence-corrected chi connectivity index (χ1v) is 6.61. The van der Waals surface area contributed by atoms with Crippen molar-refractivity contribution < 1.29 is 28.7 Å². The molecule has 0 rings (SSSR count). The second-order valence-corrected chi connectivity index (χ2v) is 4.09. The maximum atomic E-state index is 11.6. The van der Waals surface area contributed by atoms with Gasteiger partial charge in [-0.1, -0.05) is 20.1 Å². The van der Waals surface area contributed by atoms with E-state index >= 15 is 0 Å². The number of ether oxygens (including phenoxy) is 2. The molecule has 0 aliphatic heterocycles. The van der Waals surface area contributed by atoms with Crippen LogP contribution in [0.1, 0.15) is 13.3 Å². The van der Waals surface area contributed by atoms with E-state index in [-0.39, 0.29) is 13.2 Å². The maximum Gasteiger partial charge on any atom is 0.330 e. The number of nitrogens with one attached hydrogen (secondary N) is 2. The molecule has 0 aliphatic rings. The fourth-order valence-electron chi connectivity index (χ4n) is 1.18. The highest BCUT2D eigenvalue weighted by Crippen LogP contribution is 1.92. The highest BCUT2D eigenvalue weighted by Gasteiger charge is 2.20. The van der Waals surface area contributed by atoms with Crippen molar-refractivity contribution in [2.45, 2.75) is 19.4 Å². The smallest absolute Gasteiger partial charge is 0.330 e. The molecule has 0 atom stereocenters. The molecule has 0 saturated heterocycles. The number of hydrogen-bond acceptors (Lipinski definition) is 6. The average Bonchev–Trinajstić information content (AvgIpc) is 2.53. The minimum absolute atomic E-state index is 0.276. The van der Waals surface area contributed by atoms with Crippen molar-refractivity contribution in [1.29, 1.82) is 0 Å². The molecular weight excluding hydrogens is 292 g/mol. The number of esters is 2. The maximum absolute atomic E-state index is 11.6. The summed E-state index contributed by atoms with van der Waals surface area (Å²) >= 11 is 0. The molecular formula is C14H20N2O6. The van der Waals surface area contributed by atoms with Crippen molar-refractivity contribution in [2.75, 3.05) is 19.8 Å². The van der Waals surface area contributed by atoms with Gasteiger partial charge in [0.15, 0.2) is 0 Å². The summed E-state index contributed by atoms with van der Waals surface area (Å²) in [5, 5.41) is 4.70. The predicted octanol–water partition coefficient (Wildman–Crippen LogP) is -0.544. The molecule has 0 unspecified atom stereocenters. The van der Waals surface area contributed by atoms with E-state index in [1.54, 1.807) is 0 Å². The summed E-state index contributed by atoms with van der Waals surface area (Å²) in [5.74, 6) is -3.14. The first kappa shape index (κ1) is 19.4. The first-order valence-electron chi connectivity index (χ1n) is 6.61. The summed E-state index contributed by atoms with van der Waals surface area (Å²) in [6.45, 7) is 8.09. The standard InChI is InChI=1S/C14H20N2O6/c1-4-7-15-13(19)14(20)16-10(8-21-11(17)5-2)9-22-12(18)6-3/h5-6,10H,2-4,7-9H2,1H3,(H,15,19)(H,16,20). The van der Waals surface area contributed by atoms with Crippen LogP contribution in [-0.2, 0) is 28.7 Å². The molecule has 0 aliphatic carbocycles. The van der Waals surface area contributed by atoms with Crippen LogP contribution in [-0.4, -0.2) is 49.6 Å². The van der Waals surface area contributed by atoms with Crippen LogP contribution in [0.4, 0.5) is 0 Å². The van der Waals surface area contributed by atoms with Crippen molar-refractivity contribution in [2.24, 2.45) is 0 Å². The zero-order valence-corrected chi connectivity index (χ0v) is 12.4. The molecule has 0 saturated carbocycles. The van der Waals surface area contributed by atoms with E-state index in [2.05, 4.69) is 23.8 Å². The van der Waals surface area contributed by atoms with Crippen molar-refractivity contribution in [1.82, 2.24) is 10.6 Å². The second kappa shape index (κ2) is 11.1. The molecule has 0 fully saturated rings. The average molecular weight is 312 g/mol. The third kappa shape index (κ3) is 8.51. The van der Waals surface area contributed by atoms with E-state index in [1.807, 2.05) is 6.92 Å². The summed E-state index contributed by atoms with van der Waals surface area (Å²) in [4.78, 5) is 45.1. The normalized spacial score (nSPS) is 9.55. The van der Waals surface area contributed by atoms with Crippen LogP contribution < -0.4 is 10.6 Å². The molecule has 0 heterocycles.